The van der Waals surface area contributed by atoms with Gasteiger partial charge in [-0.15, -0.1) is 0 Å². The highest BCUT2D eigenvalue weighted by atomic mass is 35.5. The van der Waals surface area contributed by atoms with Gasteiger partial charge in [0, 0.05) is 46.3 Å². The van der Waals surface area contributed by atoms with Crippen molar-refractivity contribution in [2.75, 3.05) is 26.3 Å². The number of sulfonamides is 1. The normalized spacial score (nSPS) is 16.6. The number of hydrogen-bond acceptors (Lipinski definition) is 6. The van der Waals surface area contributed by atoms with Gasteiger partial charge in [-0.3, -0.25) is 9.78 Å². The molecule has 2 aromatic heterocycles. The lowest BCUT2D eigenvalue weighted by atomic mass is 10.0. The molecule has 1 aliphatic rings. The number of morpholine rings is 1. The van der Waals surface area contributed by atoms with Crippen molar-refractivity contribution in [2.45, 2.75) is 17.9 Å². The molecular weight excluding hydrogens is 535 g/mol. The van der Waals surface area contributed by atoms with Gasteiger partial charge in [-0.1, -0.05) is 23.2 Å². The fraction of sp³-hybridized carbons (Fsp3) is 0.231. The number of aromatic nitrogens is 2. The summed E-state index contributed by atoms with van der Waals surface area (Å²) in [6, 6.07) is 11.1. The van der Waals surface area contributed by atoms with Crippen LogP contribution in [0, 0.1) is 12.7 Å². The first kappa shape index (κ1) is 26.1. The van der Waals surface area contributed by atoms with E-state index in [1.165, 1.54) is 22.6 Å². The summed E-state index contributed by atoms with van der Waals surface area (Å²) in [6.07, 6.45) is 2.42. The molecular formula is C26H24ClFN4O5S. The molecule has 3 N–H and O–H groups in total. The van der Waals surface area contributed by atoms with Gasteiger partial charge >= 0.3 is 0 Å². The highest BCUT2D eigenvalue weighted by Gasteiger charge is 2.36. The SMILES string of the molecule is Cc1ccc(F)c(-c2cncc(OC[C@@H]3CN(S(=O)(=O)c4c(C(N)=O)[nH]c5ccc(Cl)cc45)CCO3)c2)c1. The predicted octanol–water partition coefficient (Wildman–Crippen LogP) is 3.90. The van der Waals surface area contributed by atoms with Gasteiger partial charge in [0.25, 0.3) is 5.91 Å². The Morgan fingerprint density at radius 2 is 2.08 bits per heavy atom. The maximum absolute atomic E-state index is 14.3. The van der Waals surface area contributed by atoms with E-state index in [1.54, 1.807) is 36.5 Å². The van der Waals surface area contributed by atoms with Crippen molar-refractivity contribution in [3.63, 3.8) is 0 Å². The van der Waals surface area contributed by atoms with Crippen molar-refractivity contribution >= 4 is 38.4 Å². The lowest BCUT2D eigenvalue weighted by molar-refractivity contribution is -0.0249. The number of ether oxygens (including phenoxy) is 2. The maximum atomic E-state index is 14.3. The molecule has 1 atom stereocenters. The summed E-state index contributed by atoms with van der Waals surface area (Å²) in [5.41, 5.74) is 7.56. The fourth-order valence-electron chi connectivity index (χ4n) is 4.42. The van der Waals surface area contributed by atoms with Crippen LogP contribution in [0.5, 0.6) is 5.75 Å². The predicted molar refractivity (Wildman–Crippen MR) is 140 cm³/mol. The molecule has 0 saturated carbocycles. The molecule has 1 fully saturated rings. The lowest BCUT2D eigenvalue weighted by Crippen LogP contribution is -2.47. The van der Waals surface area contributed by atoms with Crippen LogP contribution >= 0.6 is 11.6 Å². The molecule has 38 heavy (non-hydrogen) atoms. The summed E-state index contributed by atoms with van der Waals surface area (Å²) in [7, 11) is -4.15. The standard InChI is InChI=1S/C26H24ClFN4O5S/c1-15-2-4-22(28)20(8-15)16-9-18(12-30-11-16)37-14-19-13-32(6-7-36-19)38(34,35)25-21-10-17(27)3-5-23(21)31-24(25)26(29)33/h2-5,8-12,19,31H,6-7,13-14H2,1H3,(H2,29,33)/t19-/m0/s1. The van der Waals surface area contributed by atoms with Crippen LogP contribution in [-0.4, -0.2) is 61.0 Å². The van der Waals surface area contributed by atoms with E-state index in [0.29, 0.717) is 27.4 Å². The Kier molecular flexibility index (Phi) is 7.10. The van der Waals surface area contributed by atoms with Gasteiger partial charge in [-0.25, -0.2) is 12.8 Å². The monoisotopic (exact) mass is 558 g/mol. The highest BCUT2D eigenvalue weighted by Crippen LogP contribution is 2.32. The number of halogens is 2. The van der Waals surface area contributed by atoms with Gasteiger partial charge in [0.05, 0.1) is 12.8 Å². The summed E-state index contributed by atoms with van der Waals surface area (Å²) < 4.78 is 54.6. The van der Waals surface area contributed by atoms with E-state index < -0.39 is 22.0 Å². The zero-order valence-electron chi connectivity index (χ0n) is 20.3. The van der Waals surface area contributed by atoms with Gasteiger partial charge in [0.2, 0.25) is 10.0 Å². The van der Waals surface area contributed by atoms with Crippen LogP contribution in [-0.2, 0) is 14.8 Å². The Labute approximate surface area is 223 Å². The van der Waals surface area contributed by atoms with E-state index >= 15 is 0 Å². The molecule has 1 amide bonds. The third kappa shape index (κ3) is 5.10. The van der Waals surface area contributed by atoms with Crippen LogP contribution in [0.25, 0.3) is 22.0 Å². The minimum atomic E-state index is -4.15. The average Bonchev–Trinajstić information content (AvgIpc) is 3.29. The van der Waals surface area contributed by atoms with Crippen molar-refractivity contribution < 1.29 is 27.1 Å². The molecule has 2 aromatic carbocycles. The minimum Gasteiger partial charge on any atom is -0.489 e. The molecule has 0 unspecified atom stereocenters. The first-order chi connectivity index (χ1) is 18.1. The van der Waals surface area contributed by atoms with Crippen molar-refractivity contribution in [1.82, 2.24) is 14.3 Å². The first-order valence-electron chi connectivity index (χ1n) is 11.7. The second-order valence-corrected chi connectivity index (χ2v) is 11.3. The van der Waals surface area contributed by atoms with Crippen molar-refractivity contribution in [1.29, 1.82) is 0 Å². The Balaban J connectivity index is 1.35. The molecule has 3 heterocycles. The first-order valence-corrected chi connectivity index (χ1v) is 13.5. The molecule has 9 nitrogen and oxygen atoms in total. The summed E-state index contributed by atoms with van der Waals surface area (Å²) in [5, 5.41) is 0.593. The maximum Gasteiger partial charge on any atom is 0.266 e. The van der Waals surface area contributed by atoms with E-state index in [4.69, 9.17) is 26.8 Å². The van der Waals surface area contributed by atoms with Crippen LogP contribution in [0.15, 0.2) is 59.8 Å². The average molecular weight is 559 g/mol. The van der Waals surface area contributed by atoms with Crippen molar-refractivity contribution in [2.24, 2.45) is 5.73 Å². The number of aryl methyl sites for hydroxylation is 1. The zero-order valence-corrected chi connectivity index (χ0v) is 21.9. The number of carbonyl (C=O) groups is 1. The van der Waals surface area contributed by atoms with Gasteiger partial charge < -0.3 is 20.2 Å². The third-order valence-electron chi connectivity index (χ3n) is 6.24. The number of aromatic amines is 1. The fourth-order valence-corrected chi connectivity index (χ4v) is 6.38. The van der Waals surface area contributed by atoms with E-state index in [2.05, 4.69) is 9.97 Å². The van der Waals surface area contributed by atoms with Gasteiger partial charge in [-0.2, -0.15) is 4.31 Å². The molecule has 12 heteroatoms. The number of primary amides is 1. The number of rotatable bonds is 7. The number of fused-ring (bicyclic) bond motifs is 1. The summed E-state index contributed by atoms with van der Waals surface area (Å²) in [4.78, 5) is 18.8. The van der Waals surface area contributed by atoms with Crippen LogP contribution in [0.3, 0.4) is 0 Å². The molecule has 1 saturated heterocycles. The quantitative estimate of drug-likeness (QED) is 0.354. The molecule has 5 rings (SSSR count). The number of H-pyrrole nitrogens is 1. The van der Waals surface area contributed by atoms with Crippen LogP contribution < -0.4 is 10.5 Å². The highest BCUT2D eigenvalue weighted by molar-refractivity contribution is 7.89. The number of pyridine rings is 1. The van der Waals surface area contributed by atoms with E-state index in [0.717, 1.165) is 5.56 Å². The number of benzene rings is 2. The number of nitrogens with one attached hydrogen (secondary N) is 1. The summed E-state index contributed by atoms with van der Waals surface area (Å²) in [6.45, 7) is 2.07. The Bertz CT molecular complexity index is 1640. The zero-order chi connectivity index (χ0) is 27.0. The van der Waals surface area contributed by atoms with Crippen molar-refractivity contribution in [3.05, 3.63) is 77.0 Å². The second-order valence-electron chi connectivity index (χ2n) is 8.94. The molecule has 0 bridgehead atoms. The van der Waals surface area contributed by atoms with Crippen LogP contribution in [0.1, 0.15) is 16.1 Å². The minimum absolute atomic E-state index is 0.0204. The lowest BCUT2D eigenvalue weighted by Gasteiger charge is -2.32. The molecule has 0 aliphatic carbocycles. The summed E-state index contributed by atoms with van der Waals surface area (Å²) >= 11 is 6.10. The Morgan fingerprint density at radius 1 is 1.26 bits per heavy atom. The number of carbonyl (C=O) groups excluding carboxylic acids is 1. The number of amides is 1. The number of nitrogens with two attached hydrogens (primary N) is 1. The van der Waals surface area contributed by atoms with Crippen molar-refractivity contribution in [3.8, 4) is 16.9 Å². The van der Waals surface area contributed by atoms with Gasteiger partial charge in [0.1, 0.15) is 34.9 Å². The van der Waals surface area contributed by atoms with Gasteiger partial charge in [0.15, 0.2) is 0 Å². The topological polar surface area (TPSA) is 128 Å². The third-order valence-corrected chi connectivity index (χ3v) is 8.43. The van der Waals surface area contributed by atoms with Crippen LogP contribution in [0.4, 0.5) is 4.39 Å². The van der Waals surface area contributed by atoms with E-state index in [-0.39, 0.29) is 48.1 Å². The smallest absolute Gasteiger partial charge is 0.266 e. The van der Waals surface area contributed by atoms with Gasteiger partial charge in [-0.05, 0) is 43.3 Å². The molecule has 0 radical (unpaired) electrons. The largest absolute Gasteiger partial charge is 0.489 e. The van der Waals surface area contributed by atoms with E-state index in [1.807, 2.05) is 6.92 Å². The number of hydrogen-bond donors (Lipinski definition) is 2. The Morgan fingerprint density at radius 3 is 2.87 bits per heavy atom. The van der Waals surface area contributed by atoms with Crippen LogP contribution in [0.2, 0.25) is 5.02 Å². The second kappa shape index (κ2) is 10.3. The summed E-state index contributed by atoms with van der Waals surface area (Å²) in [5.74, 6) is -0.893. The molecule has 198 valence electrons. The molecule has 1 aliphatic heterocycles. The number of nitrogens with zero attached hydrogens (tertiary/aromatic N) is 2. The molecule has 4 aromatic rings. The Hall–Kier alpha value is -3.51. The van der Waals surface area contributed by atoms with E-state index in [9.17, 15) is 17.6 Å². The molecule has 0 spiro atoms.